The predicted molar refractivity (Wildman–Crippen MR) is 64.1 cm³/mol. The first-order chi connectivity index (χ1) is 7.07. The van der Waals surface area contributed by atoms with Crippen LogP contribution in [0, 0.1) is 0 Å². The van der Waals surface area contributed by atoms with E-state index in [1.54, 1.807) is 11.3 Å². The molecular formula is C11H19N3S. The molecule has 0 aromatic carbocycles. The van der Waals surface area contributed by atoms with Crippen LogP contribution in [0.15, 0.2) is 10.9 Å². The molecular weight excluding hydrogens is 206 g/mol. The molecule has 2 rings (SSSR count). The maximum absolute atomic E-state index is 4.35. The molecule has 0 spiro atoms. The molecule has 0 radical (unpaired) electrons. The van der Waals surface area contributed by atoms with E-state index in [4.69, 9.17) is 0 Å². The van der Waals surface area contributed by atoms with Crippen LogP contribution in [0.5, 0.6) is 0 Å². The first-order valence-corrected chi connectivity index (χ1v) is 6.37. The Morgan fingerprint density at radius 3 is 3.13 bits per heavy atom. The van der Waals surface area contributed by atoms with Crippen molar-refractivity contribution in [2.75, 3.05) is 13.1 Å². The quantitative estimate of drug-likeness (QED) is 0.830. The topological polar surface area (TPSA) is 28.2 Å². The molecule has 2 heterocycles. The molecule has 1 aliphatic heterocycles. The monoisotopic (exact) mass is 225 g/mol. The molecule has 0 aliphatic carbocycles. The molecule has 1 atom stereocenters. The molecule has 1 aliphatic rings. The molecule has 1 aromatic heterocycles. The van der Waals surface area contributed by atoms with E-state index in [2.05, 4.69) is 41.4 Å². The van der Waals surface area contributed by atoms with E-state index in [1.165, 1.54) is 5.69 Å². The van der Waals surface area contributed by atoms with Crippen molar-refractivity contribution in [1.82, 2.24) is 15.2 Å². The summed E-state index contributed by atoms with van der Waals surface area (Å²) in [5.74, 6) is 0. The van der Waals surface area contributed by atoms with Gasteiger partial charge in [0.1, 0.15) is 0 Å². The second-order valence-corrected chi connectivity index (χ2v) is 5.72. The molecule has 1 N–H and O–H groups in total. The van der Waals surface area contributed by atoms with E-state index in [0.29, 0.717) is 6.04 Å². The van der Waals surface area contributed by atoms with Crippen molar-refractivity contribution >= 4 is 11.3 Å². The van der Waals surface area contributed by atoms with Gasteiger partial charge in [0.15, 0.2) is 0 Å². The Morgan fingerprint density at radius 2 is 2.47 bits per heavy atom. The van der Waals surface area contributed by atoms with Gasteiger partial charge in [-0.3, -0.25) is 4.90 Å². The Labute approximate surface area is 95.5 Å². The zero-order valence-corrected chi connectivity index (χ0v) is 10.5. The second-order valence-electron chi connectivity index (χ2n) is 5.00. The van der Waals surface area contributed by atoms with Gasteiger partial charge in [0.2, 0.25) is 0 Å². The number of thiazole rings is 1. The lowest BCUT2D eigenvalue weighted by atomic mass is 9.99. The third-order valence-electron chi connectivity index (χ3n) is 2.95. The van der Waals surface area contributed by atoms with Crippen LogP contribution in [0.3, 0.4) is 0 Å². The Balaban J connectivity index is 2.01. The summed E-state index contributed by atoms with van der Waals surface area (Å²) in [5, 5.41) is 5.70. The molecule has 15 heavy (non-hydrogen) atoms. The van der Waals surface area contributed by atoms with Gasteiger partial charge in [-0.1, -0.05) is 0 Å². The summed E-state index contributed by atoms with van der Waals surface area (Å²) in [6, 6.07) is 0.597. The molecule has 84 valence electrons. The predicted octanol–water partition coefficient (Wildman–Crippen LogP) is 1.72. The number of rotatable bonds is 2. The van der Waals surface area contributed by atoms with Gasteiger partial charge in [-0.2, -0.15) is 0 Å². The minimum Gasteiger partial charge on any atom is -0.309 e. The van der Waals surface area contributed by atoms with Crippen molar-refractivity contribution in [2.45, 2.75) is 38.9 Å². The van der Waals surface area contributed by atoms with E-state index >= 15 is 0 Å². The fourth-order valence-corrected chi connectivity index (χ4v) is 2.56. The fourth-order valence-electron chi connectivity index (χ4n) is 2.01. The Kier molecular flexibility index (Phi) is 3.09. The minimum atomic E-state index is 0.225. The Hall–Kier alpha value is -0.450. The average molecular weight is 225 g/mol. The summed E-state index contributed by atoms with van der Waals surface area (Å²) in [5.41, 5.74) is 3.33. The van der Waals surface area contributed by atoms with Crippen LogP contribution >= 0.6 is 11.3 Å². The molecule has 3 nitrogen and oxygen atoms in total. The highest BCUT2D eigenvalue weighted by atomic mass is 32.1. The van der Waals surface area contributed by atoms with Gasteiger partial charge in [-0.05, 0) is 20.8 Å². The van der Waals surface area contributed by atoms with Crippen LogP contribution in [-0.4, -0.2) is 34.6 Å². The summed E-state index contributed by atoms with van der Waals surface area (Å²) < 4.78 is 0. The van der Waals surface area contributed by atoms with Gasteiger partial charge < -0.3 is 5.32 Å². The largest absolute Gasteiger partial charge is 0.309 e. The molecule has 1 aromatic rings. The highest BCUT2D eigenvalue weighted by Crippen LogP contribution is 2.17. The average Bonchev–Trinajstić information content (AvgIpc) is 2.64. The van der Waals surface area contributed by atoms with Crippen molar-refractivity contribution in [3.05, 3.63) is 16.6 Å². The van der Waals surface area contributed by atoms with E-state index < -0.39 is 0 Å². The van der Waals surface area contributed by atoms with Crippen LogP contribution in [0.1, 0.15) is 26.5 Å². The smallest absolute Gasteiger partial charge is 0.0795 e. The molecule has 0 amide bonds. The standard InChI is InChI=1S/C11H19N3S/c1-9-4-13-11(2,3)7-14(9)5-10-6-15-8-12-10/h6,8-9,13H,4-5,7H2,1-3H3. The number of nitrogens with zero attached hydrogens (tertiary/aromatic N) is 2. The first kappa shape index (κ1) is 11.0. The van der Waals surface area contributed by atoms with Gasteiger partial charge in [-0.15, -0.1) is 11.3 Å². The van der Waals surface area contributed by atoms with Crippen molar-refractivity contribution in [2.24, 2.45) is 0 Å². The van der Waals surface area contributed by atoms with E-state index in [1.807, 2.05) is 5.51 Å². The number of hydrogen-bond acceptors (Lipinski definition) is 4. The zero-order chi connectivity index (χ0) is 10.9. The second kappa shape index (κ2) is 4.20. The lowest BCUT2D eigenvalue weighted by Gasteiger charge is -2.43. The van der Waals surface area contributed by atoms with Gasteiger partial charge in [0.25, 0.3) is 0 Å². The molecule has 0 saturated carbocycles. The summed E-state index contributed by atoms with van der Waals surface area (Å²) in [4.78, 5) is 6.85. The SMILES string of the molecule is CC1CNC(C)(C)CN1Cc1cscn1. The van der Waals surface area contributed by atoms with Crippen molar-refractivity contribution in [1.29, 1.82) is 0 Å². The third-order valence-corrected chi connectivity index (χ3v) is 3.58. The normalized spacial score (nSPS) is 26.7. The lowest BCUT2D eigenvalue weighted by Crippen LogP contribution is -2.60. The van der Waals surface area contributed by atoms with Crippen LogP contribution in [0.25, 0.3) is 0 Å². The molecule has 4 heteroatoms. The van der Waals surface area contributed by atoms with Crippen LogP contribution < -0.4 is 5.32 Å². The summed E-state index contributed by atoms with van der Waals surface area (Å²) in [6.07, 6.45) is 0. The van der Waals surface area contributed by atoms with Gasteiger partial charge in [-0.25, -0.2) is 4.98 Å². The van der Waals surface area contributed by atoms with Gasteiger partial charge >= 0.3 is 0 Å². The van der Waals surface area contributed by atoms with Crippen LogP contribution in [-0.2, 0) is 6.54 Å². The number of nitrogens with one attached hydrogen (secondary N) is 1. The fraction of sp³-hybridized carbons (Fsp3) is 0.727. The van der Waals surface area contributed by atoms with Crippen molar-refractivity contribution in [3.63, 3.8) is 0 Å². The Bertz CT molecular complexity index is 308. The van der Waals surface area contributed by atoms with E-state index in [-0.39, 0.29) is 5.54 Å². The maximum Gasteiger partial charge on any atom is 0.0795 e. The zero-order valence-electron chi connectivity index (χ0n) is 9.66. The highest BCUT2D eigenvalue weighted by Gasteiger charge is 2.30. The summed E-state index contributed by atoms with van der Waals surface area (Å²) in [6.45, 7) is 9.92. The van der Waals surface area contributed by atoms with Crippen LogP contribution in [0.4, 0.5) is 0 Å². The molecule has 0 bridgehead atoms. The highest BCUT2D eigenvalue weighted by molar-refractivity contribution is 7.07. The number of piperazine rings is 1. The summed E-state index contributed by atoms with van der Waals surface area (Å²) >= 11 is 1.68. The number of hydrogen-bond donors (Lipinski definition) is 1. The lowest BCUT2D eigenvalue weighted by molar-refractivity contribution is 0.0967. The van der Waals surface area contributed by atoms with Crippen molar-refractivity contribution in [3.8, 4) is 0 Å². The van der Waals surface area contributed by atoms with E-state index in [9.17, 15) is 0 Å². The molecule has 1 fully saturated rings. The summed E-state index contributed by atoms with van der Waals surface area (Å²) in [7, 11) is 0. The van der Waals surface area contributed by atoms with E-state index in [0.717, 1.165) is 19.6 Å². The van der Waals surface area contributed by atoms with Crippen molar-refractivity contribution < 1.29 is 0 Å². The van der Waals surface area contributed by atoms with Crippen LogP contribution in [0.2, 0.25) is 0 Å². The first-order valence-electron chi connectivity index (χ1n) is 5.43. The molecule has 1 saturated heterocycles. The molecule has 1 unspecified atom stereocenters. The number of aromatic nitrogens is 1. The minimum absolute atomic E-state index is 0.225. The maximum atomic E-state index is 4.35. The van der Waals surface area contributed by atoms with Gasteiger partial charge in [0.05, 0.1) is 11.2 Å². The third kappa shape index (κ3) is 2.77. The van der Waals surface area contributed by atoms with Gasteiger partial charge in [0, 0.05) is 36.6 Å². The Morgan fingerprint density at radius 1 is 1.67 bits per heavy atom.